The maximum atomic E-state index is 5.62. The van der Waals surface area contributed by atoms with Gasteiger partial charge in [-0.25, -0.2) is 9.98 Å². The lowest BCUT2D eigenvalue weighted by Crippen LogP contribution is -2.43. The van der Waals surface area contributed by atoms with Gasteiger partial charge in [0, 0.05) is 40.4 Å². The van der Waals surface area contributed by atoms with Crippen molar-refractivity contribution >= 4 is 11.8 Å². The van der Waals surface area contributed by atoms with Crippen molar-refractivity contribution < 1.29 is 4.74 Å². The highest BCUT2D eigenvalue weighted by atomic mass is 16.5. The zero-order valence-corrected chi connectivity index (χ0v) is 17.6. The number of ether oxygens (including phenoxy) is 1. The molecule has 0 atom stereocenters. The number of pyridine rings is 1. The van der Waals surface area contributed by atoms with Gasteiger partial charge in [0.1, 0.15) is 5.82 Å². The van der Waals surface area contributed by atoms with E-state index in [9.17, 15) is 0 Å². The van der Waals surface area contributed by atoms with Gasteiger partial charge in [-0.15, -0.1) is 0 Å². The van der Waals surface area contributed by atoms with Crippen LogP contribution >= 0.6 is 0 Å². The van der Waals surface area contributed by atoms with Gasteiger partial charge in [-0.05, 0) is 50.7 Å². The van der Waals surface area contributed by atoms with Crippen LogP contribution in [-0.2, 0) is 11.3 Å². The Morgan fingerprint density at radius 1 is 1.22 bits per heavy atom. The first-order valence-corrected chi connectivity index (χ1v) is 10.3. The maximum Gasteiger partial charge on any atom is 0.191 e. The molecule has 0 bridgehead atoms. The van der Waals surface area contributed by atoms with Crippen LogP contribution < -0.4 is 15.5 Å². The molecule has 0 spiro atoms. The molecule has 0 radical (unpaired) electrons. The molecule has 1 aromatic heterocycles. The molecular formula is C21H37N5O. The van der Waals surface area contributed by atoms with Gasteiger partial charge in [0.15, 0.2) is 5.96 Å². The van der Waals surface area contributed by atoms with E-state index in [0.29, 0.717) is 12.0 Å². The summed E-state index contributed by atoms with van der Waals surface area (Å²) in [6, 6.07) is 6.08. The summed E-state index contributed by atoms with van der Waals surface area (Å²) in [6.07, 6.45) is 6.32. The molecule has 6 nitrogen and oxygen atoms in total. The van der Waals surface area contributed by atoms with E-state index in [-0.39, 0.29) is 0 Å². The Morgan fingerprint density at radius 2 is 2.00 bits per heavy atom. The third kappa shape index (κ3) is 7.01. The van der Waals surface area contributed by atoms with Crippen molar-refractivity contribution in [3.63, 3.8) is 0 Å². The Balaban J connectivity index is 1.97. The van der Waals surface area contributed by atoms with Crippen LogP contribution in [-0.4, -0.2) is 51.3 Å². The van der Waals surface area contributed by atoms with Crippen molar-refractivity contribution in [2.75, 3.05) is 45.3 Å². The molecule has 1 saturated carbocycles. The van der Waals surface area contributed by atoms with Crippen molar-refractivity contribution in [2.24, 2.45) is 10.4 Å². The maximum absolute atomic E-state index is 5.62. The van der Waals surface area contributed by atoms with Gasteiger partial charge in [-0.3, -0.25) is 0 Å². The number of rotatable bonds is 10. The quantitative estimate of drug-likeness (QED) is 0.374. The van der Waals surface area contributed by atoms with Crippen LogP contribution in [0.3, 0.4) is 0 Å². The van der Waals surface area contributed by atoms with E-state index >= 15 is 0 Å². The largest absolute Gasteiger partial charge is 0.382 e. The molecule has 152 valence electrons. The number of nitrogens with zero attached hydrogens (tertiary/aromatic N) is 3. The van der Waals surface area contributed by atoms with Crippen molar-refractivity contribution in [1.29, 1.82) is 0 Å². The average molecular weight is 376 g/mol. The van der Waals surface area contributed by atoms with E-state index < -0.39 is 0 Å². The third-order valence-electron chi connectivity index (χ3n) is 5.27. The summed E-state index contributed by atoms with van der Waals surface area (Å²) in [5.41, 5.74) is 1.32. The van der Waals surface area contributed by atoms with Crippen LogP contribution in [0.4, 0.5) is 5.82 Å². The fraction of sp³-hybridized carbons (Fsp3) is 0.714. The summed E-state index contributed by atoms with van der Waals surface area (Å²) in [5, 5.41) is 6.95. The van der Waals surface area contributed by atoms with E-state index in [2.05, 4.69) is 29.5 Å². The Kier molecular flexibility index (Phi) is 8.85. The first-order valence-electron chi connectivity index (χ1n) is 10.3. The number of guanidine groups is 1. The van der Waals surface area contributed by atoms with E-state index in [1.807, 2.05) is 37.2 Å². The molecule has 0 unspecified atom stereocenters. The Morgan fingerprint density at radius 3 is 2.67 bits per heavy atom. The first-order chi connectivity index (χ1) is 13.1. The molecule has 2 rings (SSSR count). The van der Waals surface area contributed by atoms with Crippen molar-refractivity contribution in [3.05, 3.63) is 23.9 Å². The SMILES string of the molecule is CCNC(=NCc1cccc(N(C)C)n1)NCC1(CCOCC)CCCC1. The van der Waals surface area contributed by atoms with E-state index in [1.54, 1.807) is 0 Å². The van der Waals surface area contributed by atoms with Gasteiger partial charge in [-0.2, -0.15) is 0 Å². The molecule has 0 saturated heterocycles. The topological polar surface area (TPSA) is 61.8 Å². The minimum Gasteiger partial charge on any atom is -0.382 e. The lowest BCUT2D eigenvalue weighted by molar-refractivity contribution is 0.105. The van der Waals surface area contributed by atoms with Crippen LogP contribution in [0.1, 0.15) is 51.6 Å². The van der Waals surface area contributed by atoms with Gasteiger partial charge in [0.05, 0.1) is 12.2 Å². The van der Waals surface area contributed by atoms with Crippen LogP contribution in [0.2, 0.25) is 0 Å². The molecule has 6 heteroatoms. The summed E-state index contributed by atoms with van der Waals surface area (Å²) in [5.74, 6) is 1.83. The smallest absolute Gasteiger partial charge is 0.191 e. The normalized spacial score (nSPS) is 16.4. The molecule has 0 aliphatic heterocycles. The molecule has 0 aromatic carbocycles. The van der Waals surface area contributed by atoms with Gasteiger partial charge in [0.2, 0.25) is 0 Å². The Hall–Kier alpha value is -1.82. The first kappa shape index (κ1) is 21.5. The Bertz CT molecular complexity index is 582. The molecular weight excluding hydrogens is 338 g/mol. The summed E-state index contributed by atoms with van der Waals surface area (Å²) in [7, 11) is 4.01. The van der Waals surface area contributed by atoms with Crippen molar-refractivity contribution in [2.45, 2.75) is 52.5 Å². The van der Waals surface area contributed by atoms with Crippen LogP contribution in [0.5, 0.6) is 0 Å². The summed E-state index contributed by atoms with van der Waals surface area (Å²) < 4.78 is 5.62. The molecule has 2 N–H and O–H groups in total. The van der Waals surface area contributed by atoms with Gasteiger partial charge in [0.25, 0.3) is 0 Å². The third-order valence-corrected chi connectivity index (χ3v) is 5.27. The molecule has 1 aromatic rings. The zero-order chi connectivity index (χ0) is 19.5. The summed E-state index contributed by atoms with van der Waals surface area (Å²) in [4.78, 5) is 11.4. The van der Waals surface area contributed by atoms with Crippen LogP contribution in [0, 0.1) is 5.41 Å². The standard InChI is InChI=1S/C21H37N5O/c1-5-22-20(23-16-18-10-9-11-19(25-18)26(3)4)24-17-21(12-7-8-13-21)14-15-27-6-2/h9-11H,5-8,12-17H2,1-4H3,(H2,22,23,24). The molecule has 1 fully saturated rings. The summed E-state index contributed by atoms with van der Waals surface area (Å²) in [6.45, 7) is 8.19. The molecule has 0 amide bonds. The fourth-order valence-electron chi connectivity index (χ4n) is 3.65. The minimum atomic E-state index is 0.342. The van der Waals surface area contributed by atoms with E-state index in [1.165, 1.54) is 25.7 Å². The lowest BCUT2D eigenvalue weighted by atomic mass is 9.83. The predicted molar refractivity (Wildman–Crippen MR) is 113 cm³/mol. The zero-order valence-electron chi connectivity index (χ0n) is 17.6. The van der Waals surface area contributed by atoms with E-state index in [4.69, 9.17) is 9.73 Å². The molecule has 1 aliphatic carbocycles. The predicted octanol–water partition coefficient (Wildman–Crippen LogP) is 3.19. The number of aromatic nitrogens is 1. The number of nitrogens with one attached hydrogen (secondary N) is 2. The highest BCUT2D eigenvalue weighted by molar-refractivity contribution is 5.79. The number of anilines is 1. The van der Waals surface area contributed by atoms with Gasteiger partial charge < -0.3 is 20.3 Å². The molecule has 1 aliphatic rings. The number of aliphatic imine (C=N–C) groups is 1. The molecule has 27 heavy (non-hydrogen) atoms. The monoisotopic (exact) mass is 375 g/mol. The molecule has 1 heterocycles. The second-order valence-corrected chi connectivity index (χ2v) is 7.58. The lowest BCUT2D eigenvalue weighted by Gasteiger charge is -2.30. The van der Waals surface area contributed by atoms with Crippen LogP contribution in [0.25, 0.3) is 0 Å². The van der Waals surface area contributed by atoms with Crippen molar-refractivity contribution in [1.82, 2.24) is 15.6 Å². The highest BCUT2D eigenvalue weighted by Crippen LogP contribution is 2.40. The number of hydrogen-bond acceptors (Lipinski definition) is 4. The Labute approximate surface area is 164 Å². The minimum absolute atomic E-state index is 0.342. The second kappa shape index (κ2) is 11.1. The van der Waals surface area contributed by atoms with Crippen molar-refractivity contribution in [3.8, 4) is 0 Å². The van der Waals surface area contributed by atoms with E-state index in [0.717, 1.165) is 50.2 Å². The second-order valence-electron chi connectivity index (χ2n) is 7.58. The number of hydrogen-bond donors (Lipinski definition) is 2. The van der Waals surface area contributed by atoms with Gasteiger partial charge in [-0.1, -0.05) is 18.9 Å². The fourth-order valence-corrected chi connectivity index (χ4v) is 3.65. The van der Waals surface area contributed by atoms with Gasteiger partial charge >= 0.3 is 0 Å². The average Bonchev–Trinajstić information content (AvgIpc) is 3.13. The highest BCUT2D eigenvalue weighted by Gasteiger charge is 2.33. The van der Waals surface area contributed by atoms with Crippen LogP contribution in [0.15, 0.2) is 23.2 Å². The summed E-state index contributed by atoms with van der Waals surface area (Å²) >= 11 is 0.